The maximum absolute atomic E-state index is 11.7. The van der Waals surface area contributed by atoms with Gasteiger partial charge >= 0.3 is 5.91 Å². The van der Waals surface area contributed by atoms with Crippen LogP contribution in [0.1, 0.15) is 5.56 Å². The first-order valence-corrected chi connectivity index (χ1v) is 6.31. The molecule has 18 heavy (non-hydrogen) atoms. The molecule has 1 aromatic carbocycles. The van der Waals surface area contributed by atoms with Gasteiger partial charge in [-0.2, -0.15) is 4.99 Å². The molecule has 91 valence electrons. The summed E-state index contributed by atoms with van der Waals surface area (Å²) in [4.78, 5) is 31.6. The molecule has 0 bridgehead atoms. The number of benzene rings is 1. The summed E-state index contributed by atoms with van der Waals surface area (Å²) in [5, 5.41) is 0. The van der Waals surface area contributed by atoms with Crippen LogP contribution in [0.3, 0.4) is 0 Å². The van der Waals surface area contributed by atoms with Gasteiger partial charge in [0, 0.05) is 25.1 Å². The Balaban J connectivity index is 2.66. The largest absolute Gasteiger partial charge is 0.321 e. The fourth-order valence-electron chi connectivity index (χ4n) is 1.32. The summed E-state index contributed by atoms with van der Waals surface area (Å²) in [5.41, 5.74) is 0.283. The third kappa shape index (κ3) is 2.25. The number of carbonyl (C=O) groups is 2. The fraction of sp³-hybridized carbons (Fsp3) is 0. The lowest BCUT2D eigenvalue weighted by atomic mass is 10.1. The number of hydrogen-bond acceptors (Lipinski definition) is 7. The maximum atomic E-state index is 11.7. The molecule has 1 aromatic rings. The SMILES string of the molecule is O=C1N=[C]N=C(c2cc(S)c(S)c(S)c2S)C1=O. The monoisotopic (exact) mass is 313 g/mol. The van der Waals surface area contributed by atoms with E-state index in [9.17, 15) is 9.59 Å². The Bertz CT molecular complexity index is 637. The first-order valence-electron chi connectivity index (χ1n) is 4.52. The molecule has 8 heteroatoms. The quantitative estimate of drug-likeness (QED) is 0.471. The van der Waals surface area contributed by atoms with Crippen LogP contribution in [0.25, 0.3) is 0 Å². The molecule has 1 radical (unpaired) electrons. The minimum absolute atomic E-state index is 0.0704. The molecule has 1 amide bonds. The third-order valence-electron chi connectivity index (χ3n) is 2.21. The van der Waals surface area contributed by atoms with Crippen molar-refractivity contribution >= 4 is 74.3 Å². The van der Waals surface area contributed by atoms with E-state index >= 15 is 0 Å². The van der Waals surface area contributed by atoms with E-state index in [0.717, 1.165) is 0 Å². The van der Waals surface area contributed by atoms with Gasteiger partial charge in [0.05, 0.1) is 0 Å². The van der Waals surface area contributed by atoms with E-state index in [1.807, 2.05) is 0 Å². The molecule has 0 spiro atoms. The van der Waals surface area contributed by atoms with E-state index in [1.165, 1.54) is 0 Å². The van der Waals surface area contributed by atoms with E-state index < -0.39 is 11.7 Å². The van der Waals surface area contributed by atoms with Gasteiger partial charge in [-0.05, 0) is 6.07 Å². The van der Waals surface area contributed by atoms with Gasteiger partial charge in [0.25, 0.3) is 5.78 Å². The van der Waals surface area contributed by atoms with Crippen molar-refractivity contribution in [3.05, 3.63) is 11.6 Å². The highest BCUT2D eigenvalue weighted by molar-refractivity contribution is 7.86. The number of nitrogens with zero attached hydrogens (tertiary/aromatic N) is 2. The zero-order valence-electron chi connectivity index (χ0n) is 8.58. The first-order chi connectivity index (χ1) is 8.43. The third-order valence-corrected chi connectivity index (χ3v) is 4.46. The first kappa shape index (κ1) is 13.7. The van der Waals surface area contributed by atoms with Gasteiger partial charge in [0.2, 0.25) is 6.34 Å². The van der Waals surface area contributed by atoms with E-state index in [2.05, 4.69) is 66.8 Å². The molecule has 0 aliphatic carbocycles. The minimum atomic E-state index is -0.913. The molecule has 0 atom stereocenters. The number of rotatable bonds is 1. The van der Waals surface area contributed by atoms with Gasteiger partial charge in [-0.15, -0.1) is 50.5 Å². The lowest BCUT2D eigenvalue weighted by molar-refractivity contribution is -0.132. The van der Waals surface area contributed by atoms with Crippen molar-refractivity contribution in [2.75, 3.05) is 0 Å². The van der Waals surface area contributed by atoms with Crippen molar-refractivity contribution in [3.8, 4) is 0 Å². The molecule has 1 aliphatic rings. The maximum Gasteiger partial charge on any atom is 0.321 e. The number of amides is 1. The van der Waals surface area contributed by atoms with E-state index in [0.29, 0.717) is 25.1 Å². The molecule has 0 unspecified atom stereocenters. The second-order valence-corrected chi connectivity index (χ2v) is 5.12. The molecule has 1 aliphatic heterocycles. The summed E-state index contributed by atoms with van der Waals surface area (Å²) >= 11 is 16.9. The van der Waals surface area contributed by atoms with Gasteiger partial charge in [-0.3, -0.25) is 9.59 Å². The summed E-state index contributed by atoms with van der Waals surface area (Å²) in [7, 11) is 0. The van der Waals surface area contributed by atoms with Crippen LogP contribution in [-0.2, 0) is 9.59 Å². The second-order valence-electron chi connectivity index (χ2n) is 3.30. The Morgan fingerprint density at radius 1 is 1.00 bits per heavy atom. The standard InChI is InChI=1S/C10H5N2O2S4/c13-6-5(11-2-12-10(6)14)3-1-4(15)8(17)9(18)7(3)16/h1,15-18H. The van der Waals surface area contributed by atoms with Crippen LogP contribution in [0, 0.1) is 0 Å². The molecular formula is C10H5N2O2S4. The van der Waals surface area contributed by atoms with Crippen LogP contribution >= 0.6 is 50.5 Å². The van der Waals surface area contributed by atoms with Gasteiger partial charge in [-0.25, -0.2) is 4.99 Å². The van der Waals surface area contributed by atoms with Crippen LogP contribution in [-0.4, -0.2) is 23.7 Å². The van der Waals surface area contributed by atoms with Crippen LogP contribution in [0.15, 0.2) is 35.6 Å². The topological polar surface area (TPSA) is 58.9 Å². The fourth-order valence-corrected chi connectivity index (χ4v) is 2.44. The van der Waals surface area contributed by atoms with E-state index in [4.69, 9.17) is 0 Å². The number of Topliss-reactive ketones (excluding diaryl/α,β-unsaturated/α-hetero) is 1. The molecule has 1 heterocycles. The summed E-state index contributed by atoms with van der Waals surface area (Å²) in [6, 6.07) is 1.55. The number of carbonyl (C=O) groups excluding carboxylic acids is 2. The van der Waals surface area contributed by atoms with E-state index in [-0.39, 0.29) is 5.71 Å². The lowest BCUT2D eigenvalue weighted by Gasteiger charge is -2.12. The van der Waals surface area contributed by atoms with Gasteiger partial charge in [0.15, 0.2) is 0 Å². The van der Waals surface area contributed by atoms with Crippen molar-refractivity contribution < 1.29 is 9.59 Å². The summed E-state index contributed by atoms with van der Waals surface area (Å²) in [6.07, 6.45) is 2.13. The molecule has 0 aromatic heterocycles. The molecule has 0 fully saturated rings. The van der Waals surface area contributed by atoms with Crippen LogP contribution < -0.4 is 0 Å². The van der Waals surface area contributed by atoms with Crippen LogP contribution in [0.2, 0.25) is 0 Å². The molecule has 2 rings (SSSR count). The highest BCUT2D eigenvalue weighted by Gasteiger charge is 2.27. The minimum Gasteiger partial charge on any atom is -0.281 e. The van der Waals surface area contributed by atoms with Crippen molar-refractivity contribution in [1.29, 1.82) is 0 Å². The normalized spacial score (nSPS) is 15.0. The Morgan fingerprint density at radius 2 is 1.67 bits per heavy atom. The Morgan fingerprint density at radius 3 is 2.33 bits per heavy atom. The molecule has 0 saturated carbocycles. The Kier molecular flexibility index (Phi) is 3.90. The van der Waals surface area contributed by atoms with Crippen molar-refractivity contribution in [2.24, 2.45) is 9.98 Å². The average Bonchev–Trinajstić information content (AvgIpc) is 2.35. The second kappa shape index (κ2) is 5.12. The number of hydrogen-bond donors (Lipinski definition) is 4. The summed E-state index contributed by atoms with van der Waals surface area (Å²) < 4.78 is 0. The molecular weight excluding hydrogens is 308 g/mol. The van der Waals surface area contributed by atoms with Gasteiger partial charge in [-0.1, -0.05) is 0 Å². The van der Waals surface area contributed by atoms with Crippen molar-refractivity contribution in [2.45, 2.75) is 19.6 Å². The predicted octanol–water partition coefficient (Wildman–Crippen LogP) is 1.65. The van der Waals surface area contributed by atoms with Crippen LogP contribution in [0.5, 0.6) is 0 Å². The zero-order chi connectivity index (χ0) is 13.4. The number of thiol groups is 4. The number of aliphatic imine (C=N–C) groups is 2. The molecule has 0 N–H and O–H groups in total. The highest BCUT2D eigenvalue weighted by Crippen LogP contribution is 2.34. The van der Waals surface area contributed by atoms with Crippen molar-refractivity contribution in [3.63, 3.8) is 0 Å². The summed E-state index contributed by atoms with van der Waals surface area (Å²) in [6.45, 7) is 0. The van der Waals surface area contributed by atoms with Crippen LogP contribution in [0.4, 0.5) is 0 Å². The smallest absolute Gasteiger partial charge is 0.281 e. The van der Waals surface area contributed by atoms with Gasteiger partial charge in [0.1, 0.15) is 5.71 Å². The molecule has 0 saturated heterocycles. The van der Waals surface area contributed by atoms with Crippen molar-refractivity contribution in [1.82, 2.24) is 0 Å². The number of ketones is 1. The predicted molar refractivity (Wildman–Crippen MR) is 79.4 cm³/mol. The average molecular weight is 313 g/mol. The molecule has 4 nitrogen and oxygen atoms in total. The van der Waals surface area contributed by atoms with Gasteiger partial charge < -0.3 is 0 Å². The van der Waals surface area contributed by atoms with E-state index in [1.54, 1.807) is 6.07 Å². The summed E-state index contributed by atoms with van der Waals surface area (Å²) in [5.74, 6) is -1.72. The Hall–Kier alpha value is -0.700. The highest BCUT2D eigenvalue weighted by atomic mass is 32.1. The Labute approximate surface area is 125 Å². The lowest BCUT2D eigenvalue weighted by Crippen LogP contribution is -2.27. The zero-order valence-corrected chi connectivity index (χ0v) is 12.2.